The predicted molar refractivity (Wildman–Crippen MR) is 291 cm³/mol. The van der Waals surface area contributed by atoms with Gasteiger partial charge in [0, 0.05) is 32.3 Å². The molecule has 6 heteroatoms. The molecular formula is C62H106N4O2+4. The summed E-state index contributed by atoms with van der Waals surface area (Å²) < 4.78 is 22.9. The molecule has 1 unspecified atom stereocenters. The van der Waals surface area contributed by atoms with Gasteiger partial charge in [0.05, 0.1) is 63.5 Å². The molecule has 3 aliphatic heterocycles. The van der Waals surface area contributed by atoms with E-state index < -0.39 is 6.03 Å². The number of fused-ring (bicyclic) bond motifs is 5. The first-order valence-corrected chi connectivity index (χ1v) is 29.0. The molecule has 3 heterocycles. The Hall–Kier alpha value is -2.70. The standard InChI is InChI=1S/C62H106N4O2/c1-15-21-37-65(38-22-16-2,39-23-17-3)43-29-31-50(32-30-44-66(40-24-18-4,41-25-19-5)42-26-20-6)51-33-34-56-52(45-51)48-63-60(13)35-27-28-36-61(60,14)64-49-53-46-54(58(7,8)9)47-55(59(10,11)12)57(53)68-62(63,64)67-56/h33-34,45-50H,15-32,35-44H2,1-14H3/q+4/t60-,61-,62?/m0/s1. The normalized spacial score (nSPS) is 22.4. The minimum absolute atomic E-state index is 0.0186. The topological polar surface area (TPSA) is 24.5 Å². The second-order valence-electron chi connectivity index (χ2n) is 25.3. The smallest absolute Gasteiger partial charge is 0.341 e. The van der Waals surface area contributed by atoms with E-state index in [1.165, 1.54) is 205 Å². The lowest BCUT2D eigenvalue weighted by atomic mass is 9.69. The quantitative estimate of drug-likeness (QED) is 0.0658. The van der Waals surface area contributed by atoms with Gasteiger partial charge in [-0.05, 0) is 123 Å². The molecule has 2 aromatic rings. The number of hydrogen-bond acceptors (Lipinski definition) is 2. The fourth-order valence-corrected chi connectivity index (χ4v) is 13.2. The van der Waals surface area contributed by atoms with Crippen LogP contribution in [0.25, 0.3) is 0 Å². The van der Waals surface area contributed by atoms with Crippen LogP contribution in [0.2, 0.25) is 0 Å². The molecule has 68 heavy (non-hydrogen) atoms. The maximum atomic E-state index is 7.63. The van der Waals surface area contributed by atoms with E-state index in [1.807, 2.05) is 0 Å². The lowest BCUT2D eigenvalue weighted by molar-refractivity contribution is -0.929. The van der Waals surface area contributed by atoms with Crippen LogP contribution in [0, 0.1) is 0 Å². The van der Waals surface area contributed by atoms with Gasteiger partial charge < -0.3 is 18.4 Å². The van der Waals surface area contributed by atoms with E-state index in [9.17, 15) is 0 Å². The zero-order chi connectivity index (χ0) is 49.4. The highest BCUT2D eigenvalue weighted by molar-refractivity contribution is 5.84. The molecule has 2 fully saturated rings. The van der Waals surface area contributed by atoms with Crippen LogP contribution in [0.15, 0.2) is 30.3 Å². The van der Waals surface area contributed by atoms with Crippen molar-refractivity contribution >= 4 is 12.4 Å². The third kappa shape index (κ3) is 11.5. The van der Waals surface area contributed by atoms with E-state index in [4.69, 9.17) is 9.47 Å². The molecule has 1 saturated heterocycles. The highest BCUT2D eigenvalue weighted by Crippen LogP contribution is 2.56. The average molecular weight is 940 g/mol. The average Bonchev–Trinajstić information content (AvgIpc) is 3.47. The van der Waals surface area contributed by atoms with Crippen molar-refractivity contribution in [3.63, 3.8) is 0 Å². The Balaban J connectivity index is 1.41. The van der Waals surface area contributed by atoms with Crippen molar-refractivity contribution < 1.29 is 27.6 Å². The van der Waals surface area contributed by atoms with Crippen LogP contribution in [0.4, 0.5) is 0 Å². The summed E-state index contributed by atoms with van der Waals surface area (Å²) in [5, 5.41) is 0. The first kappa shape index (κ1) is 54.6. The van der Waals surface area contributed by atoms with Crippen LogP contribution in [-0.4, -0.2) is 100 Å². The van der Waals surface area contributed by atoms with Gasteiger partial charge >= 0.3 is 6.03 Å². The summed E-state index contributed by atoms with van der Waals surface area (Å²) in [4.78, 5) is 0. The molecule has 0 N–H and O–H groups in total. The van der Waals surface area contributed by atoms with Gasteiger partial charge in [0.2, 0.25) is 11.1 Å². The van der Waals surface area contributed by atoms with Crippen LogP contribution < -0.4 is 9.47 Å². The summed E-state index contributed by atoms with van der Waals surface area (Å²) in [5.41, 5.74) is 6.08. The Kier molecular flexibility index (Phi) is 18.3. The molecule has 6 rings (SSSR count). The van der Waals surface area contributed by atoms with E-state index in [2.05, 4.69) is 149 Å². The fraction of sp³-hybridized carbons (Fsp3) is 0.774. The van der Waals surface area contributed by atoms with Crippen LogP contribution in [0.1, 0.15) is 259 Å². The third-order valence-corrected chi connectivity index (χ3v) is 18.0. The third-order valence-electron chi connectivity index (χ3n) is 18.0. The molecule has 1 saturated carbocycles. The Labute approximate surface area is 419 Å². The van der Waals surface area contributed by atoms with Gasteiger partial charge in [0.15, 0.2) is 23.9 Å². The van der Waals surface area contributed by atoms with Crippen LogP contribution in [-0.2, 0) is 10.8 Å². The zero-order valence-corrected chi connectivity index (χ0v) is 47.0. The summed E-state index contributed by atoms with van der Waals surface area (Å²) >= 11 is 0. The number of unbranched alkanes of at least 4 members (excludes halogenated alkanes) is 6. The van der Waals surface area contributed by atoms with Crippen LogP contribution in [0.3, 0.4) is 0 Å². The summed E-state index contributed by atoms with van der Waals surface area (Å²) in [6.07, 6.45) is 30.6. The van der Waals surface area contributed by atoms with Gasteiger partial charge in [-0.3, -0.25) is 0 Å². The second kappa shape index (κ2) is 22.8. The van der Waals surface area contributed by atoms with Gasteiger partial charge in [0.25, 0.3) is 0 Å². The molecule has 3 atom stereocenters. The summed E-state index contributed by atoms with van der Waals surface area (Å²) in [6.45, 7) is 44.1. The Morgan fingerprint density at radius 2 is 0.956 bits per heavy atom. The lowest BCUT2D eigenvalue weighted by Crippen LogP contribution is -2.61. The molecule has 2 aromatic carbocycles. The number of benzene rings is 2. The number of quaternary nitrogens is 2. The molecule has 0 bridgehead atoms. The van der Waals surface area contributed by atoms with Gasteiger partial charge in [-0.25, -0.2) is 0 Å². The first-order chi connectivity index (χ1) is 32.3. The van der Waals surface area contributed by atoms with Crippen molar-refractivity contribution in [2.45, 2.75) is 259 Å². The summed E-state index contributed by atoms with van der Waals surface area (Å²) in [6, 6.07) is 11.1. The molecule has 0 amide bonds. The summed E-state index contributed by atoms with van der Waals surface area (Å²) in [5.74, 6) is 2.45. The Morgan fingerprint density at radius 1 is 0.529 bits per heavy atom. The minimum atomic E-state index is -1.09. The first-order valence-electron chi connectivity index (χ1n) is 29.0. The van der Waals surface area contributed by atoms with Crippen LogP contribution in [0.5, 0.6) is 11.5 Å². The van der Waals surface area contributed by atoms with Gasteiger partial charge in [0.1, 0.15) is 0 Å². The number of ether oxygens (including phenoxy) is 2. The van der Waals surface area contributed by atoms with Crippen molar-refractivity contribution in [2.75, 3.05) is 52.4 Å². The maximum Gasteiger partial charge on any atom is 0.705 e. The van der Waals surface area contributed by atoms with Crippen molar-refractivity contribution in [3.05, 3.63) is 58.1 Å². The number of nitrogens with zero attached hydrogens (tertiary/aromatic N) is 4. The van der Waals surface area contributed by atoms with E-state index in [-0.39, 0.29) is 21.9 Å². The second-order valence-corrected chi connectivity index (χ2v) is 25.3. The SMILES string of the molecule is CCCC[N+](CCCC)(CCCC)CCCC(CCC[N+](CCCC)(CCCC)CCCC)c1ccc2c(c1)C=[N+]1C3(O2)Oc2c(cc(C(C)(C)C)cc2C(C)(C)C)C=[N+]3[C@@]2(C)CCCC[C@]12C. The maximum absolute atomic E-state index is 7.63. The largest absolute Gasteiger partial charge is 0.705 e. The van der Waals surface area contributed by atoms with Gasteiger partial charge in [-0.2, -0.15) is 0 Å². The molecule has 382 valence electrons. The molecular weight excluding hydrogens is 833 g/mol. The summed E-state index contributed by atoms with van der Waals surface area (Å²) in [7, 11) is 0. The molecule has 6 nitrogen and oxygen atoms in total. The zero-order valence-electron chi connectivity index (χ0n) is 47.0. The van der Waals surface area contributed by atoms with Crippen molar-refractivity contribution in [1.29, 1.82) is 0 Å². The van der Waals surface area contributed by atoms with Gasteiger partial charge in [-0.15, -0.1) is 0 Å². The van der Waals surface area contributed by atoms with Crippen LogP contribution >= 0.6 is 0 Å². The van der Waals surface area contributed by atoms with E-state index in [1.54, 1.807) is 0 Å². The van der Waals surface area contributed by atoms with E-state index >= 15 is 0 Å². The Morgan fingerprint density at radius 3 is 1.37 bits per heavy atom. The van der Waals surface area contributed by atoms with Crippen molar-refractivity contribution in [1.82, 2.24) is 0 Å². The molecule has 1 aliphatic carbocycles. The highest BCUT2D eigenvalue weighted by atomic mass is 16.7. The van der Waals surface area contributed by atoms with Gasteiger partial charge in [-0.1, -0.05) is 143 Å². The van der Waals surface area contributed by atoms with E-state index in [0.29, 0.717) is 5.92 Å². The fourth-order valence-electron chi connectivity index (χ4n) is 13.2. The lowest BCUT2D eigenvalue weighted by Gasteiger charge is -2.40. The van der Waals surface area contributed by atoms with E-state index in [0.717, 1.165) is 24.3 Å². The molecule has 0 aromatic heterocycles. The molecule has 4 aliphatic rings. The molecule has 0 radical (unpaired) electrons. The van der Waals surface area contributed by atoms with Crippen molar-refractivity contribution in [3.8, 4) is 11.5 Å². The highest BCUT2D eigenvalue weighted by Gasteiger charge is 2.86. The number of hydrogen-bond donors (Lipinski definition) is 0. The molecule has 1 spiro atoms. The number of rotatable bonds is 27. The van der Waals surface area contributed by atoms with Crippen molar-refractivity contribution in [2.24, 2.45) is 0 Å². The minimum Gasteiger partial charge on any atom is -0.341 e. The predicted octanol–water partition coefficient (Wildman–Crippen LogP) is 15.4. The monoisotopic (exact) mass is 939 g/mol. The Bertz CT molecular complexity index is 1940.